The van der Waals surface area contributed by atoms with Crippen molar-refractivity contribution in [3.63, 3.8) is 0 Å². The topological polar surface area (TPSA) is 80.3 Å². The Bertz CT molecular complexity index is 764. The first-order valence-electron chi connectivity index (χ1n) is 9.06. The van der Waals surface area contributed by atoms with Crippen LogP contribution in [0.4, 0.5) is 5.13 Å². The lowest BCUT2D eigenvalue weighted by Crippen LogP contribution is -2.36. The first-order valence-corrected chi connectivity index (χ1v) is 9.94. The number of benzene rings is 1. The van der Waals surface area contributed by atoms with Crippen LogP contribution in [0.3, 0.4) is 0 Å². The average Bonchev–Trinajstić information content (AvgIpc) is 3.07. The fraction of sp³-hybridized carbons (Fsp3) is 0.450. The molecular formula is C20H27N3O3S. The van der Waals surface area contributed by atoms with Crippen molar-refractivity contribution in [2.75, 3.05) is 18.5 Å². The number of nitrogens with zero attached hydrogens (tertiary/aromatic N) is 1. The van der Waals surface area contributed by atoms with Gasteiger partial charge >= 0.3 is 0 Å². The Balaban J connectivity index is 1.84. The second kappa shape index (κ2) is 9.50. The number of aromatic nitrogens is 1. The van der Waals surface area contributed by atoms with Crippen LogP contribution in [-0.2, 0) is 9.59 Å². The summed E-state index contributed by atoms with van der Waals surface area (Å²) in [5.41, 5.74) is 1.31. The molecule has 7 heteroatoms. The Morgan fingerprint density at radius 3 is 2.52 bits per heavy atom. The maximum atomic E-state index is 12.0. The molecule has 0 saturated heterocycles. The first-order chi connectivity index (χ1) is 12.8. The van der Waals surface area contributed by atoms with Crippen molar-refractivity contribution >= 4 is 28.3 Å². The Hall–Kier alpha value is -2.41. The SMILES string of the molecule is CCCOc1ccc(-c2csc(NC(=O)CCNC(=O)C(C)(C)C)n2)cc1. The van der Waals surface area contributed by atoms with Gasteiger partial charge in [-0.3, -0.25) is 9.59 Å². The molecule has 2 rings (SSSR count). The highest BCUT2D eigenvalue weighted by Crippen LogP contribution is 2.26. The van der Waals surface area contributed by atoms with Crippen LogP contribution in [0.25, 0.3) is 11.3 Å². The van der Waals surface area contributed by atoms with Gasteiger partial charge in [0.2, 0.25) is 11.8 Å². The van der Waals surface area contributed by atoms with Gasteiger partial charge < -0.3 is 15.4 Å². The van der Waals surface area contributed by atoms with Crippen molar-refractivity contribution in [1.82, 2.24) is 10.3 Å². The number of ether oxygens (including phenoxy) is 1. The van der Waals surface area contributed by atoms with Crippen LogP contribution in [0.15, 0.2) is 29.6 Å². The number of rotatable bonds is 8. The highest BCUT2D eigenvalue weighted by molar-refractivity contribution is 7.14. The molecule has 2 aromatic rings. The number of thiazole rings is 1. The summed E-state index contributed by atoms with van der Waals surface area (Å²) in [6, 6.07) is 7.74. The van der Waals surface area contributed by atoms with E-state index >= 15 is 0 Å². The van der Waals surface area contributed by atoms with Crippen molar-refractivity contribution < 1.29 is 14.3 Å². The first kappa shape index (κ1) is 20.9. The standard InChI is InChI=1S/C20H27N3O3S/c1-5-12-26-15-8-6-14(7-9-15)16-13-27-19(22-16)23-17(24)10-11-21-18(25)20(2,3)4/h6-9,13H,5,10-12H2,1-4H3,(H,21,25)(H,22,23,24). The molecule has 0 fully saturated rings. The van der Waals surface area contributed by atoms with Crippen LogP contribution in [-0.4, -0.2) is 29.9 Å². The van der Waals surface area contributed by atoms with Gasteiger partial charge in [0.1, 0.15) is 5.75 Å². The zero-order valence-corrected chi connectivity index (χ0v) is 17.1. The largest absolute Gasteiger partial charge is 0.494 e. The summed E-state index contributed by atoms with van der Waals surface area (Å²) in [7, 11) is 0. The summed E-state index contributed by atoms with van der Waals surface area (Å²) >= 11 is 1.37. The normalized spacial score (nSPS) is 11.1. The molecule has 0 atom stereocenters. The number of anilines is 1. The maximum absolute atomic E-state index is 12.0. The molecule has 6 nitrogen and oxygen atoms in total. The molecule has 2 amide bonds. The van der Waals surface area contributed by atoms with Crippen molar-refractivity contribution in [1.29, 1.82) is 0 Å². The molecule has 0 spiro atoms. The van der Waals surface area contributed by atoms with Gasteiger partial charge in [0, 0.05) is 29.3 Å². The van der Waals surface area contributed by atoms with Gasteiger partial charge in [-0.15, -0.1) is 11.3 Å². The Kier molecular flexibility index (Phi) is 7.36. The fourth-order valence-electron chi connectivity index (χ4n) is 2.14. The van der Waals surface area contributed by atoms with Crippen molar-refractivity contribution in [3.05, 3.63) is 29.6 Å². The summed E-state index contributed by atoms with van der Waals surface area (Å²) in [5.74, 6) is 0.591. The summed E-state index contributed by atoms with van der Waals surface area (Å²) in [5, 5.41) is 7.98. The minimum atomic E-state index is -0.461. The minimum Gasteiger partial charge on any atom is -0.494 e. The van der Waals surface area contributed by atoms with Crippen molar-refractivity contribution in [2.24, 2.45) is 5.41 Å². The molecule has 0 aliphatic heterocycles. The molecule has 0 radical (unpaired) electrons. The van der Waals surface area contributed by atoms with E-state index in [1.807, 2.05) is 50.4 Å². The van der Waals surface area contributed by atoms with Crippen molar-refractivity contribution in [2.45, 2.75) is 40.5 Å². The van der Waals surface area contributed by atoms with E-state index in [4.69, 9.17) is 4.74 Å². The van der Waals surface area contributed by atoms with E-state index in [9.17, 15) is 9.59 Å². The lowest BCUT2D eigenvalue weighted by atomic mass is 9.96. The molecule has 0 saturated carbocycles. The van der Waals surface area contributed by atoms with E-state index in [0.29, 0.717) is 18.3 Å². The number of carbonyl (C=O) groups excluding carboxylic acids is 2. The number of nitrogens with one attached hydrogen (secondary N) is 2. The monoisotopic (exact) mass is 389 g/mol. The van der Waals surface area contributed by atoms with E-state index < -0.39 is 5.41 Å². The molecule has 27 heavy (non-hydrogen) atoms. The lowest BCUT2D eigenvalue weighted by Gasteiger charge is -2.17. The number of hydrogen-bond acceptors (Lipinski definition) is 5. The molecule has 1 aromatic heterocycles. The van der Waals surface area contributed by atoms with Crippen LogP contribution in [0.5, 0.6) is 5.75 Å². The maximum Gasteiger partial charge on any atom is 0.227 e. The highest BCUT2D eigenvalue weighted by atomic mass is 32.1. The Morgan fingerprint density at radius 2 is 1.89 bits per heavy atom. The highest BCUT2D eigenvalue weighted by Gasteiger charge is 2.20. The van der Waals surface area contributed by atoms with Gasteiger partial charge in [-0.1, -0.05) is 27.7 Å². The molecule has 0 aliphatic rings. The third-order valence-corrected chi connectivity index (χ3v) is 4.45. The van der Waals surface area contributed by atoms with E-state index in [1.165, 1.54) is 11.3 Å². The lowest BCUT2D eigenvalue weighted by molar-refractivity contribution is -0.128. The smallest absolute Gasteiger partial charge is 0.227 e. The Morgan fingerprint density at radius 1 is 1.19 bits per heavy atom. The fourth-order valence-corrected chi connectivity index (χ4v) is 2.88. The number of amides is 2. The van der Waals surface area contributed by atoms with Crippen LogP contribution in [0, 0.1) is 5.41 Å². The molecular weight excluding hydrogens is 362 g/mol. The summed E-state index contributed by atoms with van der Waals surface area (Å²) in [6.45, 7) is 8.58. The van der Waals surface area contributed by atoms with Crippen LogP contribution in [0.2, 0.25) is 0 Å². The van der Waals surface area contributed by atoms with E-state index in [2.05, 4.69) is 22.5 Å². The quantitative estimate of drug-likeness (QED) is 0.713. The summed E-state index contributed by atoms with van der Waals surface area (Å²) in [4.78, 5) is 28.3. The predicted octanol–water partition coefficient (Wildman–Crippen LogP) is 4.09. The van der Waals surface area contributed by atoms with Crippen LogP contribution < -0.4 is 15.4 Å². The van der Waals surface area contributed by atoms with Gasteiger partial charge in [-0.25, -0.2) is 4.98 Å². The van der Waals surface area contributed by atoms with Gasteiger partial charge in [0.05, 0.1) is 12.3 Å². The molecule has 146 valence electrons. The second-order valence-corrected chi connectivity index (χ2v) is 8.07. The van der Waals surface area contributed by atoms with Gasteiger partial charge in [0.25, 0.3) is 0 Å². The Labute approximate surface area is 164 Å². The molecule has 2 N–H and O–H groups in total. The van der Waals surface area contributed by atoms with Crippen molar-refractivity contribution in [3.8, 4) is 17.0 Å². The summed E-state index contributed by atoms with van der Waals surface area (Å²) < 4.78 is 5.57. The number of hydrogen-bond donors (Lipinski definition) is 2. The molecule has 1 heterocycles. The zero-order chi connectivity index (χ0) is 19.9. The van der Waals surface area contributed by atoms with Gasteiger partial charge in [-0.2, -0.15) is 0 Å². The van der Waals surface area contributed by atoms with Crippen LogP contribution in [0.1, 0.15) is 40.5 Å². The molecule has 0 bridgehead atoms. The second-order valence-electron chi connectivity index (χ2n) is 7.21. The number of carbonyl (C=O) groups is 2. The third kappa shape index (κ3) is 6.67. The summed E-state index contributed by atoms with van der Waals surface area (Å²) in [6.07, 6.45) is 1.18. The van der Waals surface area contributed by atoms with Crippen LogP contribution >= 0.6 is 11.3 Å². The molecule has 0 aliphatic carbocycles. The van der Waals surface area contributed by atoms with E-state index in [0.717, 1.165) is 23.4 Å². The average molecular weight is 390 g/mol. The predicted molar refractivity (Wildman–Crippen MR) is 109 cm³/mol. The zero-order valence-electron chi connectivity index (χ0n) is 16.3. The molecule has 1 aromatic carbocycles. The van der Waals surface area contributed by atoms with E-state index in [-0.39, 0.29) is 18.2 Å². The van der Waals surface area contributed by atoms with E-state index in [1.54, 1.807) is 0 Å². The third-order valence-electron chi connectivity index (χ3n) is 3.69. The van der Waals surface area contributed by atoms with Gasteiger partial charge in [-0.05, 0) is 30.7 Å². The minimum absolute atomic E-state index is 0.0711. The van der Waals surface area contributed by atoms with Gasteiger partial charge in [0.15, 0.2) is 5.13 Å². The molecule has 0 unspecified atom stereocenters.